The van der Waals surface area contributed by atoms with Gasteiger partial charge >= 0.3 is 0 Å². The lowest BCUT2D eigenvalue weighted by molar-refractivity contribution is 0.869. The Balaban J connectivity index is 1.39. The SMILES string of the molecule is CC(C)c1ccc2c(N(c3ccccc3)c3ccc4c(c3)c3ccccc3n4-c3ccccc3)c3ccccc3c(-c3ccccc3)c2c1. The molecule has 0 unspecified atom stereocenters. The second-order valence-corrected chi connectivity index (χ2v) is 13.2. The molecule has 2 nitrogen and oxygen atoms in total. The van der Waals surface area contributed by atoms with Gasteiger partial charge in [-0.3, -0.25) is 0 Å². The van der Waals surface area contributed by atoms with Crippen LogP contribution >= 0.6 is 0 Å². The van der Waals surface area contributed by atoms with E-state index in [-0.39, 0.29) is 0 Å². The molecule has 2 heteroatoms. The summed E-state index contributed by atoms with van der Waals surface area (Å²) in [5.74, 6) is 0.414. The third-order valence-corrected chi connectivity index (χ3v) is 9.92. The first kappa shape index (κ1) is 29.1. The quantitative estimate of drug-likeness (QED) is 0.166. The van der Waals surface area contributed by atoms with Crippen LogP contribution < -0.4 is 4.90 Å². The monoisotopic (exact) mass is 628 g/mol. The highest BCUT2D eigenvalue weighted by Gasteiger charge is 2.23. The van der Waals surface area contributed by atoms with Crippen LogP contribution in [0.25, 0.3) is 60.2 Å². The number of para-hydroxylation sites is 3. The molecule has 0 radical (unpaired) electrons. The number of benzene rings is 8. The summed E-state index contributed by atoms with van der Waals surface area (Å²) in [7, 11) is 0. The van der Waals surface area contributed by atoms with E-state index in [9.17, 15) is 0 Å². The molecule has 0 N–H and O–H groups in total. The first-order valence-electron chi connectivity index (χ1n) is 17.1. The Kier molecular flexibility index (Phi) is 7.02. The summed E-state index contributed by atoms with van der Waals surface area (Å²) in [6.07, 6.45) is 0. The molecule has 0 saturated carbocycles. The highest BCUT2D eigenvalue weighted by Crippen LogP contribution is 2.49. The first-order chi connectivity index (χ1) is 24.2. The molecule has 9 aromatic rings. The lowest BCUT2D eigenvalue weighted by Crippen LogP contribution is -2.11. The molecule has 0 aliphatic rings. The summed E-state index contributed by atoms with van der Waals surface area (Å²) >= 11 is 0. The number of hydrogen-bond donors (Lipinski definition) is 0. The molecule has 0 amide bonds. The van der Waals surface area contributed by atoms with Crippen molar-refractivity contribution in [3.05, 3.63) is 181 Å². The summed E-state index contributed by atoms with van der Waals surface area (Å²) in [6, 6.07) is 64.2. The first-order valence-corrected chi connectivity index (χ1v) is 17.1. The fourth-order valence-corrected chi connectivity index (χ4v) is 7.63. The van der Waals surface area contributed by atoms with Crippen LogP contribution in [0, 0.1) is 0 Å². The molecule has 0 aliphatic carbocycles. The molecular formula is C47H36N2. The van der Waals surface area contributed by atoms with Crippen molar-refractivity contribution in [2.75, 3.05) is 4.90 Å². The lowest BCUT2D eigenvalue weighted by Gasteiger charge is -2.30. The van der Waals surface area contributed by atoms with E-state index in [1.54, 1.807) is 0 Å². The van der Waals surface area contributed by atoms with Gasteiger partial charge < -0.3 is 9.47 Å². The average molecular weight is 629 g/mol. The largest absolute Gasteiger partial charge is 0.309 e. The van der Waals surface area contributed by atoms with Gasteiger partial charge in [-0.15, -0.1) is 0 Å². The number of fused-ring (bicyclic) bond motifs is 5. The highest BCUT2D eigenvalue weighted by atomic mass is 15.1. The Hall–Kier alpha value is -6.12. The third-order valence-electron chi connectivity index (χ3n) is 9.92. The molecule has 234 valence electrons. The van der Waals surface area contributed by atoms with Crippen molar-refractivity contribution in [2.45, 2.75) is 19.8 Å². The number of nitrogens with zero attached hydrogens (tertiary/aromatic N) is 2. The standard InChI is InChI=1S/C47H36N2/c1-32(2)34-26-28-41-43(30-34)46(33-16-6-3-7-17-33)39-23-12-13-24-40(39)47(41)48(35-18-8-4-9-19-35)37-27-29-45-42(31-37)38-22-14-15-25-44(38)49(45)36-20-10-5-11-21-36/h3-32H,1-2H3. The molecule has 49 heavy (non-hydrogen) atoms. The van der Waals surface area contributed by atoms with Crippen molar-refractivity contribution in [3.8, 4) is 16.8 Å². The molecule has 0 bridgehead atoms. The second-order valence-electron chi connectivity index (χ2n) is 13.2. The number of anilines is 3. The summed E-state index contributed by atoms with van der Waals surface area (Å²) in [5, 5.41) is 7.45. The van der Waals surface area contributed by atoms with E-state index in [1.807, 2.05) is 0 Å². The molecule has 8 aromatic carbocycles. The molecule has 0 fully saturated rings. The van der Waals surface area contributed by atoms with E-state index in [2.05, 4.69) is 199 Å². The Bertz CT molecular complexity index is 2620. The van der Waals surface area contributed by atoms with Crippen LogP contribution in [0.5, 0.6) is 0 Å². The van der Waals surface area contributed by atoms with Gasteiger partial charge in [-0.25, -0.2) is 0 Å². The zero-order valence-electron chi connectivity index (χ0n) is 27.7. The maximum atomic E-state index is 2.47. The van der Waals surface area contributed by atoms with Crippen molar-refractivity contribution in [3.63, 3.8) is 0 Å². The maximum absolute atomic E-state index is 2.47. The normalized spacial score (nSPS) is 11.7. The maximum Gasteiger partial charge on any atom is 0.0618 e. The Morgan fingerprint density at radius 3 is 1.76 bits per heavy atom. The summed E-state index contributed by atoms with van der Waals surface area (Å²) in [4.78, 5) is 2.47. The Morgan fingerprint density at radius 2 is 1.02 bits per heavy atom. The molecule has 9 rings (SSSR count). The van der Waals surface area contributed by atoms with Crippen LogP contribution in [0.15, 0.2) is 176 Å². The van der Waals surface area contributed by atoms with E-state index in [0.717, 1.165) is 17.1 Å². The average Bonchev–Trinajstić information content (AvgIpc) is 3.49. The van der Waals surface area contributed by atoms with Crippen molar-refractivity contribution < 1.29 is 0 Å². The summed E-state index contributed by atoms with van der Waals surface area (Å²) in [6.45, 7) is 4.56. The van der Waals surface area contributed by atoms with Gasteiger partial charge in [0, 0.05) is 38.6 Å². The van der Waals surface area contributed by atoms with Gasteiger partial charge in [0.2, 0.25) is 0 Å². The van der Waals surface area contributed by atoms with Crippen LogP contribution in [-0.2, 0) is 0 Å². The Labute approximate surface area is 287 Å². The van der Waals surface area contributed by atoms with E-state index < -0.39 is 0 Å². The molecule has 1 aromatic heterocycles. The van der Waals surface area contributed by atoms with Gasteiger partial charge in [0.25, 0.3) is 0 Å². The number of rotatable bonds is 6. The zero-order valence-corrected chi connectivity index (χ0v) is 27.7. The van der Waals surface area contributed by atoms with Gasteiger partial charge in [0.15, 0.2) is 0 Å². The highest BCUT2D eigenvalue weighted by molar-refractivity contribution is 6.23. The van der Waals surface area contributed by atoms with Gasteiger partial charge in [-0.05, 0) is 81.9 Å². The zero-order chi connectivity index (χ0) is 32.9. The number of hydrogen-bond acceptors (Lipinski definition) is 1. The van der Waals surface area contributed by atoms with E-state index in [0.29, 0.717) is 5.92 Å². The van der Waals surface area contributed by atoms with Gasteiger partial charge in [-0.2, -0.15) is 0 Å². The summed E-state index contributed by atoms with van der Waals surface area (Å²) in [5.41, 5.74) is 10.9. The fourth-order valence-electron chi connectivity index (χ4n) is 7.63. The minimum absolute atomic E-state index is 0.414. The molecule has 0 aliphatic heterocycles. The molecule has 0 saturated heterocycles. The smallest absolute Gasteiger partial charge is 0.0618 e. The van der Waals surface area contributed by atoms with Crippen molar-refractivity contribution in [1.82, 2.24) is 4.57 Å². The summed E-state index contributed by atoms with van der Waals surface area (Å²) < 4.78 is 2.38. The van der Waals surface area contributed by atoms with Crippen LogP contribution in [0.2, 0.25) is 0 Å². The number of aromatic nitrogens is 1. The lowest BCUT2D eigenvalue weighted by atomic mass is 9.87. The second kappa shape index (κ2) is 11.8. The van der Waals surface area contributed by atoms with E-state index in [1.165, 1.54) is 65.7 Å². The third kappa shape index (κ3) is 4.79. The predicted octanol–water partition coefficient (Wildman–Crippen LogP) is 13.4. The van der Waals surface area contributed by atoms with Gasteiger partial charge in [0.05, 0.1) is 16.7 Å². The van der Waals surface area contributed by atoms with Gasteiger partial charge in [0.1, 0.15) is 0 Å². The minimum atomic E-state index is 0.414. The predicted molar refractivity (Wildman–Crippen MR) is 210 cm³/mol. The molecule has 0 atom stereocenters. The van der Waals surface area contributed by atoms with Crippen LogP contribution in [0.1, 0.15) is 25.3 Å². The molecule has 0 spiro atoms. The van der Waals surface area contributed by atoms with Crippen molar-refractivity contribution >= 4 is 60.4 Å². The Morgan fingerprint density at radius 1 is 0.429 bits per heavy atom. The van der Waals surface area contributed by atoms with E-state index in [4.69, 9.17) is 0 Å². The van der Waals surface area contributed by atoms with Gasteiger partial charge in [-0.1, -0.05) is 141 Å². The van der Waals surface area contributed by atoms with Crippen LogP contribution in [0.4, 0.5) is 17.1 Å². The molecular weight excluding hydrogens is 593 g/mol. The van der Waals surface area contributed by atoms with Crippen molar-refractivity contribution in [2.24, 2.45) is 0 Å². The minimum Gasteiger partial charge on any atom is -0.309 e. The van der Waals surface area contributed by atoms with Crippen molar-refractivity contribution in [1.29, 1.82) is 0 Å². The molecule has 1 heterocycles. The van der Waals surface area contributed by atoms with E-state index >= 15 is 0 Å². The topological polar surface area (TPSA) is 8.17 Å². The fraction of sp³-hybridized carbons (Fsp3) is 0.0638. The van der Waals surface area contributed by atoms with Crippen LogP contribution in [0.3, 0.4) is 0 Å². The van der Waals surface area contributed by atoms with Crippen LogP contribution in [-0.4, -0.2) is 4.57 Å².